The first kappa shape index (κ1) is 14.9. The van der Waals surface area contributed by atoms with Gasteiger partial charge in [0.2, 0.25) is 0 Å². The summed E-state index contributed by atoms with van der Waals surface area (Å²) in [6.45, 7) is 0. The summed E-state index contributed by atoms with van der Waals surface area (Å²) in [5.74, 6) is -1.64. The third-order valence-electron chi connectivity index (χ3n) is 3.77. The Kier molecular flexibility index (Phi) is 5.01. The zero-order valence-corrected chi connectivity index (χ0v) is 11.9. The summed E-state index contributed by atoms with van der Waals surface area (Å²) < 4.78 is 0. The molecule has 1 aromatic carbocycles. The highest BCUT2D eigenvalue weighted by atomic mass is 35.5. The number of hydrogen-bond donors (Lipinski definition) is 2. The van der Waals surface area contributed by atoms with Gasteiger partial charge in [0.05, 0.1) is 16.5 Å². The number of benzene rings is 1. The average molecular weight is 296 g/mol. The van der Waals surface area contributed by atoms with Crippen molar-refractivity contribution in [3.05, 3.63) is 34.9 Å². The highest BCUT2D eigenvalue weighted by Crippen LogP contribution is 2.24. The lowest BCUT2D eigenvalue weighted by atomic mass is 9.94. The summed E-state index contributed by atoms with van der Waals surface area (Å²) in [4.78, 5) is 23.6. The molecule has 2 rings (SSSR count). The molecule has 1 amide bonds. The molecule has 0 aliphatic heterocycles. The highest BCUT2D eigenvalue weighted by molar-refractivity contribution is 6.33. The topological polar surface area (TPSA) is 66.4 Å². The van der Waals surface area contributed by atoms with E-state index in [9.17, 15) is 14.7 Å². The van der Waals surface area contributed by atoms with E-state index < -0.39 is 11.9 Å². The second-order valence-corrected chi connectivity index (χ2v) is 5.55. The maximum atomic E-state index is 12.2. The van der Waals surface area contributed by atoms with Crippen LogP contribution < -0.4 is 5.32 Å². The van der Waals surface area contributed by atoms with Crippen LogP contribution in [0.5, 0.6) is 0 Å². The number of carbonyl (C=O) groups is 2. The Labute approximate surface area is 123 Å². The number of halogens is 1. The van der Waals surface area contributed by atoms with Crippen molar-refractivity contribution >= 4 is 23.5 Å². The summed E-state index contributed by atoms with van der Waals surface area (Å²) in [5.41, 5.74) is 0.391. The molecule has 0 heterocycles. The standard InChI is InChI=1S/C15H18ClNO3/c16-12-8-5-4-6-10(12)14(18)17-13-9-3-1-2-7-11(13)15(19)20/h4-6,8,11,13H,1-3,7,9H2,(H,17,18)(H,19,20)/t11-,13-/m1/s1. The molecule has 0 radical (unpaired) electrons. The van der Waals surface area contributed by atoms with E-state index in [1.165, 1.54) is 0 Å². The third kappa shape index (κ3) is 3.51. The Morgan fingerprint density at radius 2 is 1.85 bits per heavy atom. The average Bonchev–Trinajstić information content (AvgIpc) is 2.64. The van der Waals surface area contributed by atoms with Crippen molar-refractivity contribution in [3.63, 3.8) is 0 Å². The van der Waals surface area contributed by atoms with Gasteiger partial charge in [0.15, 0.2) is 0 Å². The fourth-order valence-electron chi connectivity index (χ4n) is 2.67. The van der Waals surface area contributed by atoms with E-state index in [1.54, 1.807) is 24.3 Å². The second-order valence-electron chi connectivity index (χ2n) is 5.14. The molecule has 0 saturated heterocycles. The molecule has 1 aliphatic rings. The van der Waals surface area contributed by atoms with Crippen molar-refractivity contribution in [1.29, 1.82) is 0 Å². The minimum Gasteiger partial charge on any atom is -0.481 e. The molecule has 0 aromatic heterocycles. The minimum absolute atomic E-state index is 0.297. The van der Waals surface area contributed by atoms with E-state index >= 15 is 0 Å². The summed E-state index contributed by atoms with van der Waals surface area (Å²) in [7, 11) is 0. The molecule has 0 bridgehead atoms. The predicted octanol–water partition coefficient (Wildman–Crippen LogP) is 3.10. The molecule has 4 nitrogen and oxygen atoms in total. The van der Waals surface area contributed by atoms with E-state index in [4.69, 9.17) is 11.6 Å². The van der Waals surface area contributed by atoms with E-state index in [-0.39, 0.29) is 11.9 Å². The molecule has 1 aromatic rings. The first-order chi connectivity index (χ1) is 9.59. The van der Waals surface area contributed by atoms with E-state index in [2.05, 4.69) is 5.32 Å². The molecule has 108 valence electrons. The molecule has 20 heavy (non-hydrogen) atoms. The maximum Gasteiger partial charge on any atom is 0.308 e. The highest BCUT2D eigenvalue weighted by Gasteiger charge is 2.31. The molecule has 2 N–H and O–H groups in total. The molecule has 1 aliphatic carbocycles. The number of aliphatic carboxylic acids is 1. The van der Waals surface area contributed by atoms with Crippen LogP contribution in [0.1, 0.15) is 42.5 Å². The van der Waals surface area contributed by atoms with Crippen LogP contribution in [-0.2, 0) is 4.79 Å². The number of carbonyl (C=O) groups excluding carboxylic acids is 1. The quantitative estimate of drug-likeness (QED) is 0.842. The van der Waals surface area contributed by atoms with Crippen molar-refractivity contribution in [3.8, 4) is 0 Å². The number of rotatable bonds is 3. The number of amides is 1. The van der Waals surface area contributed by atoms with Gasteiger partial charge in [-0.2, -0.15) is 0 Å². The molecule has 0 spiro atoms. The van der Waals surface area contributed by atoms with E-state index in [1.807, 2.05) is 0 Å². The lowest BCUT2D eigenvalue weighted by molar-refractivity contribution is -0.142. The molecule has 1 fully saturated rings. The fraction of sp³-hybridized carbons (Fsp3) is 0.467. The van der Waals surface area contributed by atoms with Crippen molar-refractivity contribution in [1.82, 2.24) is 5.32 Å². The van der Waals surface area contributed by atoms with E-state index in [0.29, 0.717) is 23.4 Å². The van der Waals surface area contributed by atoms with Gasteiger partial charge in [-0.05, 0) is 25.0 Å². The van der Waals surface area contributed by atoms with Gasteiger partial charge in [-0.1, -0.05) is 43.0 Å². The third-order valence-corrected chi connectivity index (χ3v) is 4.10. The van der Waals surface area contributed by atoms with Gasteiger partial charge in [0.1, 0.15) is 0 Å². The van der Waals surface area contributed by atoms with E-state index in [0.717, 1.165) is 19.3 Å². The summed E-state index contributed by atoms with van der Waals surface area (Å²) in [6.07, 6.45) is 4.17. The zero-order valence-electron chi connectivity index (χ0n) is 11.1. The smallest absolute Gasteiger partial charge is 0.308 e. The van der Waals surface area contributed by atoms with Crippen LogP contribution in [0.25, 0.3) is 0 Å². The summed E-state index contributed by atoms with van der Waals surface area (Å²) in [5, 5.41) is 12.5. The van der Waals surface area contributed by atoms with Crippen LogP contribution in [0.3, 0.4) is 0 Å². The van der Waals surface area contributed by atoms with Gasteiger partial charge in [0, 0.05) is 6.04 Å². The number of hydrogen-bond acceptors (Lipinski definition) is 2. The van der Waals surface area contributed by atoms with Crippen molar-refractivity contribution < 1.29 is 14.7 Å². The van der Waals surface area contributed by atoms with Gasteiger partial charge in [-0.15, -0.1) is 0 Å². The number of carboxylic acid groups (broad SMARTS) is 1. The first-order valence-corrected chi connectivity index (χ1v) is 7.25. The second kappa shape index (κ2) is 6.75. The van der Waals surface area contributed by atoms with Gasteiger partial charge in [-0.25, -0.2) is 0 Å². The van der Waals surface area contributed by atoms with Crippen molar-refractivity contribution in [2.24, 2.45) is 5.92 Å². The van der Waals surface area contributed by atoms with Crippen molar-refractivity contribution in [2.75, 3.05) is 0 Å². The Bertz CT molecular complexity index is 504. The summed E-state index contributed by atoms with van der Waals surface area (Å²) in [6, 6.07) is 6.47. The van der Waals surface area contributed by atoms with Crippen LogP contribution in [-0.4, -0.2) is 23.0 Å². The van der Waals surface area contributed by atoms with Crippen molar-refractivity contribution in [2.45, 2.75) is 38.1 Å². The van der Waals surface area contributed by atoms with Crippen LogP contribution >= 0.6 is 11.6 Å². The minimum atomic E-state index is -0.837. The van der Waals surface area contributed by atoms with Gasteiger partial charge in [-0.3, -0.25) is 9.59 Å². The molecule has 0 unspecified atom stereocenters. The summed E-state index contributed by atoms with van der Waals surface area (Å²) >= 11 is 5.99. The van der Waals surface area contributed by atoms with Crippen LogP contribution in [0, 0.1) is 5.92 Å². The Morgan fingerprint density at radius 3 is 2.55 bits per heavy atom. The Balaban J connectivity index is 2.12. The predicted molar refractivity (Wildman–Crippen MR) is 76.9 cm³/mol. The Hall–Kier alpha value is -1.55. The maximum absolute atomic E-state index is 12.2. The SMILES string of the molecule is O=C(N[C@@H]1CCCCC[C@H]1C(=O)O)c1ccccc1Cl. The molecule has 5 heteroatoms. The molecule has 1 saturated carbocycles. The normalized spacial score (nSPS) is 22.9. The molecular formula is C15H18ClNO3. The monoisotopic (exact) mass is 295 g/mol. The number of nitrogens with one attached hydrogen (secondary N) is 1. The lowest BCUT2D eigenvalue weighted by Crippen LogP contribution is -2.42. The molecular weight excluding hydrogens is 278 g/mol. The largest absolute Gasteiger partial charge is 0.481 e. The van der Waals surface area contributed by atoms with Crippen LogP contribution in [0.4, 0.5) is 0 Å². The lowest BCUT2D eigenvalue weighted by Gasteiger charge is -2.23. The first-order valence-electron chi connectivity index (χ1n) is 6.88. The van der Waals surface area contributed by atoms with Crippen LogP contribution in [0.2, 0.25) is 5.02 Å². The zero-order chi connectivity index (χ0) is 14.5. The van der Waals surface area contributed by atoms with Gasteiger partial charge < -0.3 is 10.4 Å². The molecule has 2 atom stereocenters. The van der Waals surface area contributed by atoms with Crippen LogP contribution in [0.15, 0.2) is 24.3 Å². The fourth-order valence-corrected chi connectivity index (χ4v) is 2.89. The van der Waals surface area contributed by atoms with Gasteiger partial charge >= 0.3 is 5.97 Å². The van der Waals surface area contributed by atoms with Gasteiger partial charge in [0.25, 0.3) is 5.91 Å². The number of carboxylic acids is 1. The Morgan fingerprint density at radius 1 is 1.15 bits per heavy atom.